The van der Waals surface area contributed by atoms with Gasteiger partial charge in [0.1, 0.15) is 5.82 Å². The summed E-state index contributed by atoms with van der Waals surface area (Å²) < 4.78 is 91.4. The van der Waals surface area contributed by atoms with Gasteiger partial charge in [-0.3, -0.25) is 5.43 Å². The van der Waals surface area contributed by atoms with Crippen LogP contribution in [0.2, 0.25) is 0 Å². The molecule has 0 aliphatic rings. The van der Waals surface area contributed by atoms with Crippen molar-refractivity contribution in [2.24, 2.45) is 5.10 Å². The van der Waals surface area contributed by atoms with Crippen molar-refractivity contribution in [3.8, 4) is 11.3 Å². The van der Waals surface area contributed by atoms with Crippen molar-refractivity contribution in [2.75, 3.05) is 5.43 Å². The number of nitrogens with one attached hydrogen (secondary N) is 1. The van der Waals surface area contributed by atoms with Gasteiger partial charge in [-0.25, -0.2) is 9.37 Å². The summed E-state index contributed by atoms with van der Waals surface area (Å²) >= 11 is 1.10. The maximum atomic E-state index is 14.0. The number of halogens is 7. The molecule has 0 aliphatic carbocycles. The van der Waals surface area contributed by atoms with Crippen LogP contribution in [0.25, 0.3) is 11.3 Å². The molecule has 1 heterocycles. The summed E-state index contributed by atoms with van der Waals surface area (Å²) in [6, 6.07) is 8.85. The zero-order valence-electron chi connectivity index (χ0n) is 14.1. The van der Waals surface area contributed by atoms with E-state index in [1.54, 1.807) is 29.6 Å². The average Bonchev–Trinajstić information content (AvgIpc) is 3.10. The summed E-state index contributed by atoms with van der Waals surface area (Å²) in [7, 11) is 0. The van der Waals surface area contributed by atoms with Gasteiger partial charge >= 0.3 is 12.4 Å². The molecule has 0 atom stereocenters. The minimum absolute atomic E-state index is 0.00645. The highest BCUT2D eigenvalue weighted by Crippen LogP contribution is 2.38. The maximum Gasteiger partial charge on any atom is 0.417 e. The van der Waals surface area contributed by atoms with Gasteiger partial charge in [0.2, 0.25) is 5.13 Å². The van der Waals surface area contributed by atoms with E-state index in [-0.39, 0.29) is 17.3 Å². The molecule has 29 heavy (non-hydrogen) atoms. The van der Waals surface area contributed by atoms with Crippen LogP contribution in [-0.4, -0.2) is 11.2 Å². The number of hydrogen-bond acceptors (Lipinski definition) is 4. The van der Waals surface area contributed by atoms with Gasteiger partial charge in [-0.15, -0.1) is 11.3 Å². The fourth-order valence-corrected chi connectivity index (χ4v) is 3.03. The van der Waals surface area contributed by atoms with Crippen molar-refractivity contribution < 1.29 is 30.7 Å². The first-order valence-corrected chi connectivity index (χ1v) is 8.71. The number of rotatable bonds is 4. The largest absolute Gasteiger partial charge is 0.417 e. The third kappa shape index (κ3) is 4.91. The monoisotopic (exact) mass is 433 g/mol. The Morgan fingerprint density at radius 2 is 1.66 bits per heavy atom. The number of alkyl halides is 6. The van der Waals surface area contributed by atoms with Crippen LogP contribution >= 0.6 is 11.3 Å². The minimum Gasteiger partial charge on any atom is -0.253 e. The molecule has 1 N–H and O–H groups in total. The molecule has 0 fully saturated rings. The topological polar surface area (TPSA) is 37.3 Å². The Hall–Kier alpha value is -2.95. The lowest BCUT2D eigenvalue weighted by atomic mass is 10.0. The lowest BCUT2D eigenvalue weighted by Crippen LogP contribution is -2.15. The SMILES string of the molecule is Fc1cc(C(F)(F)F)cc(C(F)(F)F)c1C=NNc1nc(-c2ccccc2)cs1. The second-order valence-electron chi connectivity index (χ2n) is 5.69. The maximum absolute atomic E-state index is 14.0. The fraction of sp³-hybridized carbons (Fsp3) is 0.111. The Kier molecular flexibility index (Phi) is 5.60. The average molecular weight is 433 g/mol. The number of hydrogen-bond donors (Lipinski definition) is 1. The highest BCUT2D eigenvalue weighted by atomic mass is 32.1. The Morgan fingerprint density at radius 3 is 2.28 bits per heavy atom. The molecule has 3 rings (SSSR count). The van der Waals surface area contributed by atoms with E-state index in [9.17, 15) is 30.7 Å². The molecule has 0 unspecified atom stereocenters. The molecular formula is C18H10F7N3S. The summed E-state index contributed by atoms with van der Waals surface area (Å²) in [6.45, 7) is 0. The van der Waals surface area contributed by atoms with Crippen LogP contribution in [0.1, 0.15) is 16.7 Å². The van der Waals surface area contributed by atoms with Crippen LogP contribution < -0.4 is 5.43 Å². The highest BCUT2D eigenvalue weighted by Gasteiger charge is 2.39. The van der Waals surface area contributed by atoms with Crippen molar-refractivity contribution in [2.45, 2.75) is 12.4 Å². The second-order valence-corrected chi connectivity index (χ2v) is 6.55. The lowest BCUT2D eigenvalue weighted by molar-refractivity contribution is -0.143. The number of nitrogens with zero attached hydrogens (tertiary/aromatic N) is 2. The van der Waals surface area contributed by atoms with Gasteiger partial charge in [0.25, 0.3) is 0 Å². The summed E-state index contributed by atoms with van der Waals surface area (Å²) in [6.07, 6.45) is -9.85. The van der Waals surface area contributed by atoms with Crippen LogP contribution in [0, 0.1) is 5.82 Å². The zero-order valence-corrected chi connectivity index (χ0v) is 15.0. The molecule has 3 nitrogen and oxygen atoms in total. The molecule has 0 saturated heterocycles. The van der Waals surface area contributed by atoms with E-state index in [1.165, 1.54) is 0 Å². The molecule has 11 heteroatoms. The number of anilines is 1. The molecule has 0 saturated carbocycles. The predicted molar refractivity (Wildman–Crippen MR) is 95.2 cm³/mol. The summed E-state index contributed by atoms with van der Waals surface area (Å²) in [5, 5.41) is 5.38. The first-order valence-electron chi connectivity index (χ1n) is 7.83. The number of thiazole rings is 1. The highest BCUT2D eigenvalue weighted by molar-refractivity contribution is 7.14. The standard InChI is InChI=1S/C18H10F7N3S/c19-14-7-11(17(20,21)22)6-13(18(23,24)25)12(14)8-26-28-16-27-15(9-29-16)10-4-2-1-3-5-10/h1-9H,(H,27,28). The second kappa shape index (κ2) is 7.82. The molecule has 0 amide bonds. The first-order chi connectivity index (χ1) is 13.6. The molecule has 2 aromatic carbocycles. The van der Waals surface area contributed by atoms with E-state index in [2.05, 4.69) is 15.5 Å². The lowest BCUT2D eigenvalue weighted by Gasteiger charge is -2.14. The molecule has 1 aromatic heterocycles. The van der Waals surface area contributed by atoms with Gasteiger partial charge < -0.3 is 0 Å². The predicted octanol–water partition coefficient (Wildman–Crippen LogP) is 6.43. The third-order valence-electron chi connectivity index (χ3n) is 3.69. The molecular weight excluding hydrogens is 423 g/mol. The summed E-state index contributed by atoms with van der Waals surface area (Å²) in [5.41, 5.74) is -0.885. The van der Waals surface area contributed by atoms with E-state index < -0.39 is 34.9 Å². The number of aromatic nitrogens is 1. The van der Waals surface area contributed by atoms with Gasteiger partial charge in [-0.1, -0.05) is 30.3 Å². The van der Waals surface area contributed by atoms with Gasteiger partial charge in [0.05, 0.1) is 23.0 Å². The smallest absolute Gasteiger partial charge is 0.253 e. The van der Waals surface area contributed by atoms with Crippen LogP contribution in [0.4, 0.5) is 35.9 Å². The fourth-order valence-electron chi connectivity index (χ4n) is 2.37. The van der Waals surface area contributed by atoms with E-state index >= 15 is 0 Å². The molecule has 152 valence electrons. The van der Waals surface area contributed by atoms with Gasteiger partial charge in [0, 0.05) is 16.5 Å². The quantitative estimate of drug-likeness (QED) is 0.292. The van der Waals surface area contributed by atoms with E-state index in [4.69, 9.17) is 0 Å². The molecule has 0 aliphatic heterocycles. The van der Waals surface area contributed by atoms with Crippen LogP contribution in [0.5, 0.6) is 0 Å². The van der Waals surface area contributed by atoms with Gasteiger partial charge in [-0.05, 0) is 12.1 Å². The van der Waals surface area contributed by atoms with Crippen molar-refractivity contribution in [1.82, 2.24) is 4.98 Å². The Morgan fingerprint density at radius 1 is 0.966 bits per heavy atom. The van der Waals surface area contributed by atoms with E-state index in [1.807, 2.05) is 6.07 Å². The van der Waals surface area contributed by atoms with Crippen LogP contribution in [0.15, 0.2) is 52.9 Å². The zero-order chi connectivity index (χ0) is 21.2. The molecule has 0 spiro atoms. The molecule has 0 radical (unpaired) electrons. The van der Waals surface area contributed by atoms with Crippen molar-refractivity contribution in [1.29, 1.82) is 0 Å². The van der Waals surface area contributed by atoms with Crippen molar-refractivity contribution >= 4 is 22.7 Å². The van der Waals surface area contributed by atoms with Gasteiger partial charge in [-0.2, -0.15) is 31.4 Å². The third-order valence-corrected chi connectivity index (χ3v) is 4.44. The Labute approximate surface area is 163 Å². The van der Waals surface area contributed by atoms with E-state index in [0.29, 0.717) is 11.9 Å². The Bertz CT molecular complexity index is 1020. The number of benzene rings is 2. The Balaban J connectivity index is 1.86. The van der Waals surface area contributed by atoms with Gasteiger partial charge in [0.15, 0.2) is 0 Å². The van der Waals surface area contributed by atoms with Crippen molar-refractivity contribution in [3.63, 3.8) is 0 Å². The molecule has 3 aromatic rings. The van der Waals surface area contributed by atoms with Crippen molar-refractivity contribution in [3.05, 3.63) is 70.4 Å². The van der Waals surface area contributed by atoms with E-state index in [0.717, 1.165) is 16.9 Å². The summed E-state index contributed by atoms with van der Waals surface area (Å²) in [4.78, 5) is 4.18. The van der Waals surface area contributed by atoms with Crippen LogP contribution in [-0.2, 0) is 12.4 Å². The molecule has 0 bridgehead atoms. The van der Waals surface area contributed by atoms with Crippen LogP contribution in [0.3, 0.4) is 0 Å². The first kappa shape index (κ1) is 20.8. The minimum atomic E-state index is -5.20. The normalized spacial score (nSPS) is 12.5. The number of hydrazone groups is 1. The summed E-state index contributed by atoms with van der Waals surface area (Å²) in [5.74, 6) is -1.69.